The highest BCUT2D eigenvalue weighted by Crippen LogP contribution is 2.47. The SMILES string of the molecule is CC(C)O[C@@H](c1ccccc1)[C@](O)(c1ccccc1)[C@H]1CCOC1=O. The van der Waals surface area contributed by atoms with Crippen molar-refractivity contribution in [3.05, 3.63) is 71.8 Å². The van der Waals surface area contributed by atoms with Gasteiger partial charge in [-0.25, -0.2) is 0 Å². The van der Waals surface area contributed by atoms with Crippen LogP contribution in [0.3, 0.4) is 0 Å². The molecule has 0 aliphatic carbocycles. The highest BCUT2D eigenvalue weighted by Gasteiger charge is 2.53. The van der Waals surface area contributed by atoms with E-state index in [9.17, 15) is 9.90 Å². The first-order valence-electron chi connectivity index (χ1n) is 8.68. The standard InChI is InChI=1S/C21H24O4/c1-15(2)25-19(16-9-5-3-6-10-16)21(23,17-11-7-4-8-12-17)18-13-14-24-20(18)22/h3-12,15,18-19,23H,13-14H2,1-2H3/t18-,19-,21-/m0/s1. The zero-order valence-electron chi connectivity index (χ0n) is 14.6. The first kappa shape index (κ1) is 17.6. The molecular formula is C21H24O4. The van der Waals surface area contributed by atoms with Gasteiger partial charge in [0.15, 0.2) is 0 Å². The van der Waals surface area contributed by atoms with Crippen LogP contribution in [0.4, 0.5) is 0 Å². The maximum atomic E-state index is 12.4. The van der Waals surface area contributed by atoms with Crippen LogP contribution in [0.25, 0.3) is 0 Å². The molecule has 0 aromatic heterocycles. The highest BCUT2D eigenvalue weighted by molar-refractivity contribution is 5.76. The number of hydrogen-bond donors (Lipinski definition) is 1. The number of aliphatic hydroxyl groups is 1. The van der Waals surface area contributed by atoms with Crippen LogP contribution in [0.15, 0.2) is 60.7 Å². The lowest BCUT2D eigenvalue weighted by molar-refractivity contribution is -0.178. The quantitative estimate of drug-likeness (QED) is 0.816. The minimum Gasteiger partial charge on any atom is -0.465 e. The third-order valence-electron chi connectivity index (χ3n) is 4.61. The van der Waals surface area contributed by atoms with Gasteiger partial charge in [-0.05, 0) is 31.4 Å². The Balaban J connectivity index is 2.15. The molecule has 0 amide bonds. The molecule has 0 unspecified atom stereocenters. The molecule has 1 aliphatic heterocycles. The van der Waals surface area contributed by atoms with E-state index in [1.54, 1.807) is 0 Å². The van der Waals surface area contributed by atoms with Crippen LogP contribution in [0.2, 0.25) is 0 Å². The number of ether oxygens (including phenoxy) is 2. The minimum absolute atomic E-state index is 0.113. The van der Waals surface area contributed by atoms with Gasteiger partial charge < -0.3 is 14.6 Å². The van der Waals surface area contributed by atoms with E-state index in [1.165, 1.54) is 0 Å². The van der Waals surface area contributed by atoms with Crippen molar-refractivity contribution in [2.75, 3.05) is 6.61 Å². The Morgan fingerprint density at radius 2 is 1.68 bits per heavy atom. The number of rotatable bonds is 6. The minimum atomic E-state index is -1.50. The summed E-state index contributed by atoms with van der Waals surface area (Å²) in [6.45, 7) is 4.17. The van der Waals surface area contributed by atoms with Gasteiger partial charge in [-0.2, -0.15) is 0 Å². The maximum Gasteiger partial charge on any atom is 0.312 e. The van der Waals surface area contributed by atoms with Gasteiger partial charge in [0, 0.05) is 0 Å². The fourth-order valence-electron chi connectivity index (χ4n) is 3.47. The summed E-state index contributed by atoms with van der Waals surface area (Å²) in [4.78, 5) is 12.4. The summed E-state index contributed by atoms with van der Waals surface area (Å²) >= 11 is 0. The Morgan fingerprint density at radius 1 is 1.08 bits per heavy atom. The second kappa shape index (κ2) is 7.38. The highest BCUT2D eigenvalue weighted by atomic mass is 16.5. The van der Waals surface area contributed by atoms with E-state index in [1.807, 2.05) is 74.5 Å². The molecule has 4 nitrogen and oxygen atoms in total. The lowest BCUT2D eigenvalue weighted by Gasteiger charge is -2.40. The summed E-state index contributed by atoms with van der Waals surface area (Å²) in [7, 11) is 0. The number of carbonyl (C=O) groups is 1. The van der Waals surface area contributed by atoms with E-state index in [0.717, 1.165) is 5.56 Å². The third kappa shape index (κ3) is 3.46. The van der Waals surface area contributed by atoms with Crippen LogP contribution in [0.1, 0.15) is 37.5 Å². The van der Waals surface area contributed by atoms with Crippen molar-refractivity contribution >= 4 is 5.97 Å². The number of cyclic esters (lactones) is 1. The summed E-state index contributed by atoms with van der Waals surface area (Å²) < 4.78 is 11.3. The van der Waals surface area contributed by atoms with Crippen molar-refractivity contribution in [3.63, 3.8) is 0 Å². The number of hydrogen-bond acceptors (Lipinski definition) is 4. The molecule has 1 N–H and O–H groups in total. The smallest absolute Gasteiger partial charge is 0.312 e. The molecule has 1 aliphatic rings. The molecule has 1 saturated heterocycles. The number of esters is 1. The van der Waals surface area contributed by atoms with Gasteiger partial charge in [0.05, 0.1) is 18.6 Å². The lowest BCUT2D eigenvalue weighted by Crippen LogP contribution is -2.45. The summed E-state index contributed by atoms with van der Waals surface area (Å²) in [5.74, 6) is -1.04. The topological polar surface area (TPSA) is 55.8 Å². The fraction of sp³-hybridized carbons (Fsp3) is 0.381. The van der Waals surface area contributed by atoms with Crippen LogP contribution in [-0.2, 0) is 19.9 Å². The molecule has 1 heterocycles. The normalized spacial score (nSPS) is 21.0. The largest absolute Gasteiger partial charge is 0.465 e. The Bertz CT molecular complexity index is 698. The van der Waals surface area contributed by atoms with Gasteiger partial charge in [-0.3, -0.25) is 4.79 Å². The zero-order valence-corrected chi connectivity index (χ0v) is 14.6. The van der Waals surface area contributed by atoms with Crippen molar-refractivity contribution in [1.82, 2.24) is 0 Å². The van der Waals surface area contributed by atoms with Gasteiger partial charge in [0.1, 0.15) is 11.7 Å². The monoisotopic (exact) mass is 340 g/mol. The lowest BCUT2D eigenvalue weighted by atomic mass is 9.74. The van der Waals surface area contributed by atoms with Crippen molar-refractivity contribution in [3.8, 4) is 0 Å². The zero-order chi connectivity index (χ0) is 17.9. The molecule has 0 spiro atoms. The van der Waals surface area contributed by atoms with E-state index in [-0.39, 0.29) is 12.1 Å². The van der Waals surface area contributed by atoms with E-state index in [2.05, 4.69) is 0 Å². The molecule has 2 aromatic carbocycles. The summed E-state index contributed by atoms with van der Waals surface area (Å²) in [6, 6.07) is 18.9. The van der Waals surface area contributed by atoms with Crippen molar-refractivity contribution in [2.24, 2.45) is 5.92 Å². The van der Waals surface area contributed by atoms with Crippen LogP contribution >= 0.6 is 0 Å². The fourth-order valence-corrected chi connectivity index (χ4v) is 3.47. The van der Waals surface area contributed by atoms with Gasteiger partial charge in [-0.15, -0.1) is 0 Å². The molecule has 2 aromatic rings. The summed E-state index contributed by atoms with van der Waals surface area (Å²) in [6.07, 6.45) is -0.320. The van der Waals surface area contributed by atoms with Gasteiger partial charge in [-0.1, -0.05) is 60.7 Å². The molecule has 0 radical (unpaired) electrons. The van der Waals surface area contributed by atoms with Crippen LogP contribution in [0, 0.1) is 5.92 Å². The average Bonchev–Trinajstić information content (AvgIpc) is 3.07. The first-order chi connectivity index (χ1) is 12.0. The van der Waals surface area contributed by atoms with Gasteiger partial charge in [0.25, 0.3) is 0 Å². The van der Waals surface area contributed by atoms with Crippen LogP contribution in [-0.4, -0.2) is 23.8 Å². The number of carbonyl (C=O) groups excluding carboxylic acids is 1. The molecule has 1 fully saturated rings. The van der Waals surface area contributed by atoms with Gasteiger partial charge in [0.2, 0.25) is 0 Å². The van der Waals surface area contributed by atoms with E-state index >= 15 is 0 Å². The van der Waals surface area contributed by atoms with E-state index in [4.69, 9.17) is 9.47 Å². The Hall–Kier alpha value is -2.17. The first-order valence-corrected chi connectivity index (χ1v) is 8.68. The molecule has 0 bridgehead atoms. The maximum absolute atomic E-state index is 12.4. The van der Waals surface area contributed by atoms with Gasteiger partial charge >= 0.3 is 5.97 Å². The van der Waals surface area contributed by atoms with Crippen molar-refractivity contribution in [1.29, 1.82) is 0 Å². The predicted molar refractivity (Wildman–Crippen MR) is 94.8 cm³/mol. The number of benzene rings is 2. The molecule has 4 heteroatoms. The molecule has 3 atom stereocenters. The molecule has 0 saturated carbocycles. The van der Waals surface area contributed by atoms with Crippen molar-refractivity contribution in [2.45, 2.75) is 38.1 Å². The predicted octanol–water partition coefficient (Wildman–Crippen LogP) is 3.60. The molecule has 3 rings (SSSR count). The Morgan fingerprint density at radius 3 is 2.20 bits per heavy atom. The molecular weight excluding hydrogens is 316 g/mol. The average molecular weight is 340 g/mol. The second-order valence-corrected chi connectivity index (χ2v) is 6.68. The second-order valence-electron chi connectivity index (χ2n) is 6.68. The van der Waals surface area contributed by atoms with Crippen LogP contribution in [0.5, 0.6) is 0 Å². The summed E-state index contributed by atoms with van der Waals surface area (Å²) in [5, 5.41) is 11.9. The molecule has 25 heavy (non-hydrogen) atoms. The summed E-state index contributed by atoms with van der Waals surface area (Å²) in [5.41, 5.74) is -0.00361. The molecule has 132 valence electrons. The Labute approximate surface area is 148 Å². The van der Waals surface area contributed by atoms with E-state index in [0.29, 0.717) is 18.6 Å². The third-order valence-corrected chi connectivity index (χ3v) is 4.61. The van der Waals surface area contributed by atoms with Crippen LogP contribution < -0.4 is 0 Å². The van der Waals surface area contributed by atoms with Crippen molar-refractivity contribution < 1.29 is 19.4 Å². The van der Waals surface area contributed by atoms with E-state index < -0.39 is 17.6 Å². The Kier molecular flexibility index (Phi) is 5.21.